The lowest BCUT2D eigenvalue weighted by molar-refractivity contribution is -0.150. The van der Waals surface area contributed by atoms with Gasteiger partial charge in [-0.3, -0.25) is 9.59 Å². The van der Waals surface area contributed by atoms with Crippen LogP contribution in [-0.2, 0) is 9.59 Å². The third-order valence-corrected chi connectivity index (χ3v) is 3.97. The molecule has 3 N–H and O–H groups in total. The normalized spacial score (nSPS) is 26.5. The van der Waals surface area contributed by atoms with Gasteiger partial charge in [0.1, 0.15) is 6.54 Å². The maximum Gasteiger partial charge on any atom is 0.323 e. The Balaban J connectivity index is 2.86. The lowest BCUT2D eigenvalue weighted by Crippen LogP contribution is -2.51. The minimum absolute atomic E-state index is 0.0163. The molecule has 5 nitrogen and oxygen atoms in total. The zero-order valence-corrected chi connectivity index (χ0v) is 11.4. The number of carboxylic acids is 1. The van der Waals surface area contributed by atoms with Gasteiger partial charge in [0.05, 0.1) is 12.0 Å². The van der Waals surface area contributed by atoms with Crippen LogP contribution in [0.2, 0.25) is 0 Å². The number of carboxylic acid groups (broad SMARTS) is 1. The quantitative estimate of drug-likeness (QED) is 0.717. The van der Waals surface area contributed by atoms with Crippen LogP contribution in [0.25, 0.3) is 0 Å². The summed E-state index contributed by atoms with van der Waals surface area (Å²) in [7, 11) is 0. The standard InChI is InChI=1S/C14H22N2O3/c1-3-8-16(9-12(17)18)13(19)14(10-15)6-4-11(2)5-7-14/h1,11H,4-10,15H2,2H3,(H,17,18). The molecule has 0 atom stereocenters. The summed E-state index contributed by atoms with van der Waals surface area (Å²) in [6.07, 6.45) is 8.52. The van der Waals surface area contributed by atoms with E-state index in [2.05, 4.69) is 12.8 Å². The van der Waals surface area contributed by atoms with Crippen LogP contribution >= 0.6 is 0 Å². The van der Waals surface area contributed by atoms with Crippen LogP contribution in [-0.4, -0.2) is 41.5 Å². The summed E-state index contributed by atoms with van der Waals surface area (Å²) in [4.78, 5) is 24.6. The maximum atomic E-state index is 12.6. The topological polar surface area (TPSA) is 83.6 Å². The third kappa shape index (κ3) is 3.71. The van der Waals surface area contributed by atoms with Gasteiger partial charge in [-0.05, 0) is 31.6 Å². The van der Waals surface area contributed by atoms with Gasteiger partial charge in [0.15, 0.2) is 0 Å². The third-order valence-electron chi connectivity index (χ3n) is 3.97. The van der Waals surface area contributed by atoms with Gasteiger partial charge in [0.25, 0.3) is 0 Å². The first-order valence-corrected chi connectivity index (χ1v) is 6.60. The lowest BCUT2D eigenvalue weighted by atomic mass is 9.70. The van der Waals surface area contributed by atoms with Crippen LogP contribution in [0.4, 0.5) is 0 Å². The second-order valence-electron chi connectivity index (χ2n) is 5.43. The molecule has 1 amide bonds. The van der Waals surface area contributed by atoms with E-state index in [1.54, 1.807) is 0 Å². The molecule has 0 heterocycles. The number of hydrogen-bond acceptors (Lipinski definition) is 3. The van der Waals surface area contributed by atoms with E-state index in [1.165, 1.54) is 4.90 Å². The monoisotopic (exact) mass is 266 g/mol. The van der Waals surface area contributed by atoms with Crippen molar-refractivity contribution in [3.8, 4) is 12.3 Å². The minimum Gasteiger partial charge on any atom is -0.480 e. The summed E-state index contributed by atoms with van der Waals surface area (Å²) in [5, 5.41) is 8.86. The summed E-state index contributed by atoms with van der Waals surface area (Å²) in [5.41, 5.74) is 5.18. The molecule has 0 saturated heterocycles. The Labute approximate surface area is 114 Å². The van der Waals surface area contributed by atoms with Gasteiger partial charge in [-0.25, -0.2) is 0 Å². The van der Waals surface area contributed by atoms with Crippen LogP contribution < -0.4 is 5.73 Å². The average Bonchev–Trinajstić information content (AvgIpc) is 2.38. The van der Waals surface area contributed by atoms with Crippen molar-refractivity contribution in [1.82, 2.24) is 4.90 Å². The molecular weight excluding hydrogens is 244 g/mol. The highest BCUT2D eigenvalue weighted by atomic mass is 16.4. The molecule has 0 aromatic rings. The van der Waals surface area contributed by atoms with Crippen LogP contribution in [0, 0.1) is 23.7 Å². The van der Waals surface area contributed by atoms with Gasteiger partial charge in [-0.1, -0.05) is 12.8 Å². The molecule has 19 heavy (non-hydrogen) atoms. The van der Waals surface area contributed by atoms with E-state index in [-0.39, 0.29) is 25.5 Å². The largest absolute Gasteiger partial charge is 0.480 e. The first kappa shape index (κ1) is 15.5. The summed E-state index contributed by atoms with van der Waals surface area (Å²) < 4.78 is 0. The number of aliphatic carboxylic acids is 1. The van der Waals surface area contributed by atoms with Gasteiger partial charge in [0.2, 0.25) is 5.91 Å². The van der Waals surface area contributed by atoms with Crippen LogP contribution in [0.15, 0.2) is 0 Å². The minimum atomic E-state index is -1.06. The molecule has 0 radical (unpaired) electrons. The van der Waals surface area contributed by atoms with Crippen molar-refractivity contribution < 1.29 is 14.7 Å². The average molecular weight is 266 g/mol. The number of terminal acetylenes is 1. The number of amides is 1. The van der Waals surface area contributed by atoms with E-state index in [9.17, 15) is 9.59 Å². The molecule has 0 spiro atoms. The first-order chi connectivity index (χ1) is 8.95. The molecule has 1 saturated carbocycles. The Morgan fingerprint density at radius 1 is 1.47 bits per heavy atom. The van der Waals surface area contributed by atoms with Crippen LogP contribution in [0.3, 0.4) is 0 Å². The molecular formula is C14H22N2O3. The highest BCUT2D eigenvalue weighted by Gasteiger charge is 2.42. The molecule has 1 rings (SSSR count). The van der Waals surface area contributed by atoms with Crippen molar-refractivity contribution in [2.24, 2.45) is 17.1 Å². The fraction of sp³-hybridized carbons (Fsp3) is 0.714. The Hall–Kier alpha value is -1.54. The summed E-state index contributed by atoms with van der Waals surface area (Å²) in [5.74, 6) is 1.67. The maximum absolute atomic E-state index is 12.6. The smallest absolute Gasteiger partial charge is 0.323 e. The van der Waals surface area contributed by atoms with Crippen molar-refractivity contribution in [2.75, 3.05) is 19.6 Å². The van der Waals surface area contributed by atoms with Gasteiger partial charge in [0, 0.05) is 6.54 Å². The highest BCUT2D eigenvalue weighted by molar-refractivity contribution is 5.86. The molecule has 0 aromatic heterocycles. The molecule has 0 bridgehead atoms. The predicted octanol–water partition coefficient (Wildman–Crippen LogP) is 0.688. The summed E-state index contributed by atoms with van der Waals surface area (Å²) in [6.45, 7) is 2.06. The molecule has 0 aromatic carbocycles. The molecule has 0 unspecified atom stereocenters. The Morgan fingerprint density at radius 3 is 2.47 bits per heavy atom. The van der Waals surface area contributed by atoms with E-state index in [1.807, 2.05) is 0 Å². The summed E-state index contributed by atoms with van der Waals surface area (Å²) in [6, 6.07) is 0. The van der Waals surface area contributed by atoms with E-state index in [4.69, 9.17) is 17.3 Å². The number of hydrogen-bond donors (Lipinski definition) is 2. The van der Waals surface area contributed by atoms with E-state index in [0.29, 0.717) is 18.8 Å². The Bertz CT molecular complexity index is 379. The molecule has 1 aliphatic carbocycles. The zero-order chi connectivity index (χ0) is 14.5. The fourth-order valence-electron chi connectivity index (χ4n) is 2.63. The number of carbonyl (C=O) groups excluding carboxylic acids is 1. The molecule has 1 fully saturated rings. The van der Waals surface area contributed by atoms with Crippen molar-refractivity contribution >= 4 is 11.9 Å². The zero-order valence-electron chi connectivity index (χ0n) is 11.4. The van der Waals surface area contributed by atoms with Crippen LogP contribution in [0.1, 0.15) is 32.6 Å². The van der Waals surface area contributed by atoms with Crippen LogP contribution in [0.5, 0.6) is 0 Å². The van der Waals surface area contributed by atoms with Crippen molar-refractivity contribution in [1.29, 1.82) is 0 Å². The SMILES string of the molecule is C#CCN(CC(=O)O)C(=O)C1(CN)CCC(C)CC1. The number of nitrogens with two attached hydrogens (primary N) is 1. The molecule has 1 aliphatic rings. The molecule has 106 valence electrons. The van der Waals surface area contributed by atoms with Crippen molar-refractivity contribution in [3.05, 3.63) is 0 Å². The highest BCUT2D eigenvalue weighted by Crippen LogP contribution is 2.39. The molecule has 5 heteroatoms. The Kier molecular flexibility index (Phi) is 5.37. The van der Waals surface area contributed by atoms with Gasteiger partial charge >= 0.3 is 5.97 Å². The predicted molar refractivity (Wildman–Crippen MR) is 72.2 cm³/mol. The number of nitrogens with zero attached hydrogens (tertiary/aromatic N) is 1. The second kappa shape index (κ2) is 6.58. The summed E-state index contributed by atoms with van der Waals surface area (Å²) >= 11 is 0. The van der Waals surface area contributed by atoms with E-state index < -0.39 is 11.4 Å². The first-order valence-electron chi connectivity index (χ1n) is 6.60. The molecule has 0 aliphatic heterocycles. The van der Waals surface area contributed by atoms with Gasteiger partial charge in [-0.2, -0.15) is 0 Å². The lowest BCUT2D eigenvalue weighted by Gasteiger charge is -2.39. The van der Waals surface area contributed by atoms with Crippen molar-refractivity contribution in [3.63, 3.8) is 0 Å². The second-order valence-corrected chi connectivity index (χ2v) is 5.43. The van der Waals surface area contributed by atoms with Gasteiger partial charge < -0.3 is 15.7 Å². The van der Waals surface area contributed by atoms with Gasteiger partial charge in [-0.15, -0.1) is 6.42 Å². The van der Waals surface area contributed by atoms with E-state index in [0.717, 1.165) is 12.8 Å². The van der Waals surface area contributed by atoms with E-state index >= 15 is 0 Å². The fourth-order valence-corrected chi connectivity index (χ4v) is 2.63. The number of rotatable bonds is 5. The van der Waals surface area contributed by atoms with Crippen molar-refractivity contribution in [2.45, 2.75) is 32.6 Å². The Morgan fingerprint density at radius 2 is 2.05 bits per heavy atom. The number of carbonyl (C=O) groups is 2.